The zero-order valence-corrected chi connectivity index (χ0v) is 12.4. The standard InChI is InChI=1S/C13H11Cl3N2O/c1-17-13-5-4-9(15)11(18-13)7-19-12-6-8(14)2-3-10(12)16/h2-6H,7H2,1H3,(H,17,18). The average Bonchev–Trinajstić information content (AvgIpc) is 2.41. The molecule has 0 aliphatic carbocycles. The summed E-state index contributed by atoms with van der Waals surface area (Å²) >= 11 is 18.0. The van der Waals surface area contributed by atoms with Crippen LogP contribution in [-0.4, -0.2) is 12.0 Å². The highest BCUT2D eigenvalue weighted by Gasteiger charge is 2.07. The molecule has 2 rings (SSSR count). The maximum absolute atomic E-state index is 6.06. The fourth-order valence-corrected chi connectivity index (χ4v) is 1.95. The van der Waals surface area contributed by atoms with Gasteiger partial charge in [-0.05, 0) is 24.3 Å². The number of benzene rings is 1. The molecular weight excluding hydrogens is 307 g/mol. The smallest absolute Gasteiger partial charge is 0.139 e. The quantitative estimate of drug-likeness (QED) is 0.890. The minimum atomic E-state index is 0.217. The third-order valence-corrected chi connectivity index (χ3v) is 3.32. The van der Waals surface area contributed by atoms with Crippen LogP contribution in [0.25, 0.3) is 0 Å². The van der Waals surface area contributed by atoms with Crippen molar-refractivity contribution in [3.63, 3.8) is 0 Å². The Bertz CT molecular complexity index is 590. The van der Waals surface area contributed by atoms with Crippen LogP contribution in [0.5, 0.6) is 5.75 Å². The third-order valence-electron chi connectivity index (χ3n) is 2.43. The highest BCUT2D eigenvalue weighted by atomic mass is 35.5. The van der Waals surface area contributed by atoms with Crippen LogP contribution >= 0.6 is 34.8 Å². The van der Waals surface area contributed by atoms with Gasteiger partial charge in [0.25, 0.3) is 0 Å². The molecule has 3 nitrogen and oxygen atoms in total. The number of nitrogens with zero attached hydrogens (tertiary/aromatic N) is 1. The molecule has 0 saturated carbocycles. The van der Waals surface area contributed by atoms with Gasteiger partial charge in [-0.15, -0.1) is 0 Å². The second-order valence-corrected chi connectivity index (χ2v) is 4.99. The van der Waals surface area contributed by atoms with Gasteiger partial charge < -0.3 is 10.1 Å². The number of hydrogen-bond acceptors (Lipinski definition) is 3. The van der Waals surface area contributed by atoms with Gasteiger partial charge in [-0.25, -0.2) is 4.98 Å². The summed E-state index contributed by atoms with van der Waals surface area (Å²) < 4.78 is 5.59. The number of pyridine rings is 1. The average molecular weight is 318 g/mol. The Balaban J connectivity index is 2.16. The fraction of sp³-hybridized carbons (Fsp3) is 0.154. The van der Waals surface area contributed by atoms with Crippen LogP contribution in [0.15, 0.2) is 30.3 Å². The van der Waals surface area contributed by atoms with E-state index in [4.69, 9.17) is 39.5 Å². The molecule has 0 amide bonds. The van der Waals surface area contributed by atoms with Gasteiger partial charge in [0.15, 0.2) is 0 Å². The van der Waals surface area contributed by atoms with Gasteiger partial charge in [-0.3, -0.25) is 0 Å². The van der Waals surface area contributed by atoms with Gasteiger partial charge in [0.1, 0.15) is 18.2 Å². The highest BCUT2D eigenvalue weighted by molar-refractivity contribution is 6.34. The Kier molecular flexibility index (Phi) is 4.75. The van der Waals surface area contributed by atoms with Crippen molar-refractivity contribution in [3.8, 4) is 5.75 Å². The molecule has 0 aliphatic heterocycles. The van der Waals surface area contributed by atoms with Gasteiger partial charge in [-0.1, -0.05) is 34.8 Å². The summed E-state index contributed by atoms with van der Waals surface area (Å²) in [6, 6.07) is 8.58. The number of anilines is 1. The molecule has 0 unspecified atom stereocenters. The lowest BCUT2D eigenvalue weighted by Gasteiger charge is -2.10. The molecule has 1 heterocycles. The molecule has 1 aromatic carbocycles. The number of nitrogens with one attached hydrogen (secondary N) is 1. The summed E-state index contributed by atoms with van der Waals surface area (Å²) in [5.74, 6) is 1.22. The van der Waals surface area contributed by atoms with Crippen molar-refractivity contribution in [2.24, 2.45) is 0 Å². The summed E-state index contributed by atoms with van der Waals surface area (Å²) in [6.45, 7) is 0.217. The molecule has 0 aliphatic rings. The molecule has 0 bridgehead atoms. The second kappa shape index (κ2) is 6.33. The second-order valence-electron chi connectivity index (χ2n) is 3.74. The van der Waals surface area contributed by atoms with Crippen LogP contribution in [0.1, 0.15) is 5.69 Å². The third kappa shape index (κ3) is 3.66. The molecule has 0 saturated heterocycles. The largest absolute Gasteiger partial charge is 0.486 e. The van der Waals surface area contributed by atoms with E-state index in [9.17, 15) is 0 Å². The van der Waals surface area contributed by atoms with Crippen molar-refractivity contribution in [2.45, 2.75) is 6.61 Å². The minimum Gasteiger partial charge on any atom is -0.486 e. The van der Waals surface area contributed by atoms with Gasteiger partial charge in [-0.2, -0.15) is 0 Å². The SMILES string of the molecule is CNc1ccc(Cl)c(COc2cc(Cl)ccc2Cl)n1. The number of hydrogen-bond donors (Lipinski definition) is 1. The van der Waals surface area contributed by atoms with Gasteiger partial charge >= 0.3 is 0 Å². The molecule has 19 heavy (non-hydrogen) atoms. The summed E-state index contributed by atoms with van der Waals surface area (Å²) in [4.78, 5) is 4.31. The maximum atomic E-state index is 6.06. The fourth-order valence-electron chi connectivity index (χ4n) is 1.46. The Morgan fingerprint density at radius 2 is 1.84 bits per heavy atom. The predicted octanol–water partition coefficient (Wildman–Crippen LogP) is 4.66. The van der Waals surface area contributed by atoms with Gasteiger partial charge in [0.2, 0.25) is 0 Å². The van der Waals surface area contributed by atoms with Crippen molar-refractivity contribution in [2.75, 3.05) is 12.4 Å². The van der Waals surface area contributed by atoms with E-state index in [1.54, 1.807) is 37.4 Å². The van der Waals surface area contributed by atoms with Crippen molar-refractivity contribution >= 4 is 40.6 Å². The zero-order valence-electron chi connectivity index (χ0n) is 10.1. The first-order valence-corrected chi connectivity index (χ1v) is 6.64. The van der Waals surface area contributed by atoms with Crippen molar-refractivity contribution in [3.05, 3.63) is 51.1 Å². The monoisotopic (exact) mass is 316 g/mol. The molecule has 6 heteroatoms. The van der Waals surface area contributed by atoms with Crippen molar-refractivity contribution in [1.29, 1.82) is 0 Å². The number of aromatic nitrogens is 1. The number of ether oxygens (including phenoxy) is 1. The molecule has 0 radical (unpaired) electrons. The van der Waals surface area contributed by atoms with E-state index >= 15 is 0 Å². The molecule has 100 valence electrons. The van der Waals surface area contributed by atoms with Crippen LogP contribution in [0.4, 0.5) is 5.82 Å². The molecule has 0 fully saturated rings. The summed E-state index contributed by atoms with van der Waals surface area (Å²) in [5.41, 5.74) is 0.629. The Hall–Kier alpha value is -1.16. The predicted molar refractivity (Wildman–Crippen MR) is 79.6 cm³/mol. The normalized spacial score (nSPS) is 10.3. The van der Waals surface area contributed by atoms with E-state index in [0.717, 1.165) is 5.82 Å². The number of halogens is 3. The van der Waals surface area contributed by atoms with Crippen LogP contribution in [0, 0.1) is 0 Å². The molecular formula is C13H11Cl3N2O. The summed E-state index contributed by atoms with van der Waals surface area (Å²) in [7, 11) is 1.79. The van der Waals surface area contributed by atoms with E-state index in [-0.39, 0.29) is 6.61 Å². The number of rotatable bonds is 4. The van der Waals surface area contributed by atoms with E-state index in [1.165, 1.54) is 0 Å². The highest BCUT2D eigenvalue weighted by Crippen LogP contribution is 2.29. The molecule has 0 spiro atoms. The van der Waals surface area contributed by atoms with E-state index in [0.29, 0.717) is 26.5 Å². The molecule has 1 aromatic heterocycles. The van der Waals surface area contributed by atoms with Crippen molar-refractivity contribution < 1.29 is 4.74 Å². The lowest BCUT2D eigenvalue weighted by atomic mass is 10.3. The Labute approximate surface area is 126 Å². The minimum absolute atomic E-state index is 0.217. The van der Waals surface area contributed by atoms with E-state index in [1.807, 2.05) is 0 Å². The van der Waals surface area contributed by atoms with E-state index in [2.05, 4.69) is 10.3 Å². The van der Waals surface area contributed by atoms with Crippen LogP contribution in [0.2, 0.25) is 15.1 Å². The first-order valence-electron chi connectivity index (χ1n) is 5.51. The van der Waals surface area contributed by atoms with Crippen LogP contribution in [-0.2, 0) is 6.61 Å². The summed E-state index contributed by atoms with van der Waals surface area (Å²) in [5, 5.41) is 4.53. The Morgan fingerprint density at radius 3 is 2.58 bits per heavy atom. The topological polar surface area (TPSA) is 34.1 Å². The lowest BCUT2D eigenvalue weighted by molar-refractivity contribution is 0.302. The van der Waals surface area contributed by atoms with Gasteiger partial charge in [0, 0.05) is 18.1 Å². The molecule has 0 atom stereocenters. The van der Waals surface area contributed by atoms with Crippen LogP contribution < -0.4 is 10.1 Å². The maximum Gasteiger partial charge on any atom is 0.139 e. The summed E-state index contributed by atoms with van der Waals surface area (Å²) in [6.07, 6.45) is 0. The molecule has 2 aromatic rings. The van der Waals surface area contributed by atoms with E-state index < -0.39 is 0 Å². The van der Waals surface area contributed by atoms with Crippen molar-refractivity contribution in [1.82, 2.24) is 4.98 Å². The molecule has 1 N–H and O–H groups in total. The zero-order chi connectivity index (χ0) is 13.8. The first-order chi connectivity index (χ1) is 9.10. The van der Waals surface area contributed by atoms with Gasteiger partial charge in [0.05, 0.1) is 15.7 Å². The first kappa shape index (κ1) is 14.3. The van der Waals surface area contributed by atoms with Crippen LogP contribution in [0.3, 0.4) is 0 Å². The Morgan fingerprint density at radius 1 is 1.11 bits per heavy atom. The lowest BCUT2D eigenvalue weighted by Crippen LogP contribution is -2.02.